The van der Waals surface area contributed by atoms with Crippen LogP contribution < -0.4 is 10.6 Å². The van der Waals surface area contributed by atoms with E-state index in [1.54, 1.807) is 36.6 Å². The Bertz CT molecular complexity index is 1020. The standard InChI is InChI=1S/C21H21ClN4O3S/c1-25-16-11-26(12-17(27)23-9-8-13-5-4-10-30-13)20(28)18(16)19(24-21(25)29)14-6-2-3-7-15(14)22/h2-7,10,19H,8-9,11-12H2,1H3,(H,23,27)(H,24,29)/t19-/m1/s1. The van der Waals surface area contributed by atoms with Crippen molar-refractivity contribution in [2.75, 3.05) is 26.7 Å². The predicted molar refractivity (Wildman–Crippen MR) is 115 cm³/mol. The number of amides is 4. The van der Waals surface area contributed by atoms with Crippen LogP contribution in [0.15, 0.2) is 53.0 Å². The summed E-state index contributed by atoms with van der Waals surface area (Å²) in [7, 11) is 1.62. The zero-order valence-electron chi connectivity index (χ0n) is 16.4. The molecular weight excluding hydrogens is 424 g/mol. The number of thiophene rings is 1. The second-order valence-corrected chi connectivity index (χ2v) is 8.60. The topological polar surface area (TPSA) is 81.8 Å². The number of nitrogens with one attached hydrogen (secondary N) is 2. The first-order valence-electron chi connectivity index (χ1n) is 9.55. The lowest BCUT2D eigenvalue weighted by Crippen LogP contribution is -2.45. The second kappa shape index (κ2) is 8.49. The van der Waals surface area contributed by atoms with Crippen LogP contribution in [0.1, 0.15) is 16.5 Å². The molecule has 30 heavy (non-hydrogen) atoms. The average Bonchev–Trinajstić information content (AvgIpc) is 3.34. The minimum atomic E-state index is -0.642. The Kier molecular flexibility index (Phi) is 5.78. The van der Waals surface area contributed by atoms with Crippen molar-refractivity contribution in [1.29, 1.82) is 0 Å². The molecule has 2 N–H and O–H groups in total. The number of hydrogen-bond acceptors (Lipinski definition) is 4. The fourth-order valence-corrected chi connectivity index (χ4v) is 4.66. The van der Waals surface area contributed by atoms with Gasteiger partial charge < -0.3 is 15.5 Å². The van der Waals surface area contributed by atoms with Gasteiger partial charge in [0.2, 0.25) is 5.91 Å². The Morgan fingerprint density at radius 1 is 1.27 bits per heavy atom. The van der Waals surface area contributed by atoms with Crippen molar-refractivity contribution in [3.8, 4) is 0 Å². The highest BCUT2D eigenvalue weighted by atomic mass is 35.5. The van der Waals surface area contributed by atoms with E-state index < -0.39 is 6.04 Å². The van der Waals surface area contributed by atoms with Gasteiger partial charge in [0.25, 0.3) is 5.91 Å². The van der Waals surface area contributed by atoms with Crippen LogP contribution in [-0.2, 0) is 16.0 Å². The van der Waals surface area contributed by atoms with Crippen LogP contribution in [-0.4, -0.2) is 54.3 Å². The molecule has 1 aromatic carbocycles. The number of carbonyl (C=O) groups excluding carboxylic acids is 3. The fourth-order valence-electron chi connectivity index (χ4n) is 3.70. The van der Waals surface area contributed by atoms with Crippen molar-refractivity contribution in [1.82, 2.24) is 20.4 Å². The maximum atomic E-state index is 13.2. The van der Waals surface area contributed by atoms with Gasteiger partial charge in [-0.2, -0.15) is 0 Å². The van der Waals surface area contributed by atoms with E-state index in [-0.39, 0.29) is 30.9 Å². The summed E-state index contributed by atoms with van der Waals surface area (Å²) in [5.74, 6) is -0.494. The molecule has 0 aliphatic carbocycles. The highest BCUT2D eigenvalue weighted by molar-refractivity contribution is 7.09. The van der Waals surface area contributed by atoms with Crippen molar-refractivity contribution >= 4 is 40.8 Å². The van der Waals surface area contributed by atoms with Crippen molar-refractivity contribution < 1.29 is 14.4 Å². The van der Waals surface area contributed by atoms with Crippen LogP contribution in [0.3, 0.4) is 0 Å². The van der Waals surface area contributed by atoms with Gasteiger partial charge in [0.1, 0.15) is 6.54 Å². The summed E-state index contributed by atoms with van der Waals surface area (Å²) in [4.78, 5) is 42.1. The molecule has 0 bridgehead atoms. The molecule has 0 radical (unpaired) electrons. The Balaban J connectivity index is 1.47. The molecule has 9 heteroatoms. The number of likely N-dealkylation sites (N-methyl/N-ethyl adjacent to an activating group) is 1. The molecule has 7 nitrogen and oxygen atoms in total. The van der Waals surface area contributed by atoms with Gasteiger partial charge in [-0.1, -0.05) is 35.9 Å². The Morgan fingerprint density at radius 3 is 2.80 bits per heavy atom. The first-order valence-corrected chi connectivity index (χ1v) is 10.8. The highest BCUT2D eigenvalue weighted by Crippen LogP contribution is 2.37. The molecule has 0 spiro atoms. The lowest BCUT2D eigenvalue weighted by Gasteiger charge is -2.31. The van der Waals surface area contributed by atoms with Crippen molar-refractivity contribution in [3.05, 3.63) is 68.5 Å². The predicted octanol–water partition coefficient (Wildman–Crippen LogP) is 2.55. The monoisotopic (exact) mass is 444 g/mol. The van der Waals surface area contributed by atoms with Gasteiger partial charge in [0.15, 0.2) is 0 Å². The molecule has 0 fully saturated rings. The molecule has 1 aromatic heterocycles. The van der Waals surface area contributed by atoms with E-state index in [1.807, 2.05) is 23.6 Å². The van der Waals surface area contributed by atoms with Crippen LogP contribution >= 0.6 is 22.9 Å². The van der Waals surface area contributed by atoms with Gasteiger partial charge in [0.05, 0.1) is 23.9 Å². The molecule has 0 saturated carbocycles. The molecule has 2 aliphatic rings. The molecule has 156 valence electrons. The quantitative estimate of drug-likeness (QED) is 0.718. The van der Waals surface area contributed by atoms with Crippen LogP contribution in [0, 0.1) is 0 Å². The van der Waals surface area contributed by atoms with Crippen molar-refractivity contribution in [2.45, 2.75) is 12.5 Å². The Labute approximate surface area is 183 Å². The zero-order chi connectivity index (χ0) is 21.3. The normalized spacial score (nSPS) is 18.5. The van der Waals surface area contributed by atoms with E-state index in [9.17, 15) is 14.4 Å². The molecule has 0 unspecified atom stereocenters. The summed E-state index contributed by atoms with van der Waals surface area (Å²) >= 11 is 7.97. The third-order valence-electron chi connectivity index (χ3n) is 5.26. The van der Waals surface area contributed by atoms with E-state index in [2.05, 4.69) is 10.6 Å². The summed E-state index contributed by atoms with van der Waals surface area (Å²) in [6, 6.07) is 10.2. The Hall–Kier alpha value is -2.84. The lowest BCUT2D eigenvalue weighted by molar-refractivity contribution is -0.131. The van der Waals surface area contributed by atoms with Crippen LogP contribution in [0.25, 0.3) is 0 Å². The molecule has 4 rings (SSSR count). The zero-order valence-corrected chi connectivity index (χ0v) is 17.9. The molecule has 2 aliphatic heterocycles. The first kappa shape index (κ1) is 20.4. The number of rotatable bonds is 6. The van der Waals surface area contributed by atoms with Crippen molar-refractivity contribution in [2.24, 2.45) is 0 Å². The summed E-state index contributed by atoms with van der Waals surface area (Å²) in [6.07, 6.45) is 0.752. The van der Waals surface area contributed by atoms with E-state index in [0.717, 1.165) is 6.42 Å². The van der Waals surface area contributed by atoms with E-state index in [0.29, 0.717) is 28.4 Å². The Morgan fingerprint density at radius 2 is 2.07 bits per heavy atom. The largest absolute Gasteiger partial charge is 0.354 e. The molecule has 3 heterocycles. The highest BCUT2D eigenvalue weighted by Gasteiger charge is 2.43. The minimum absolute atomic E-state index is 0.0620. The van der Waals surface area contributed by atoms with Crippen LogP contribution in [0.4, 0.5) is 4.79 Å². The van der Waals surface area contributed by atoms with Crippen molar-refractivity contribution in [3.63, 3.8) is 0 Å². The maximum Gasteiger partial charge on any atom is 0.322 e. The average molecular weight is 445 g/mol. The lowest BCUT2D eigenvalue weighted by atomic mass is 9.96. The number of hydrogen-bond donors (Lipinski definition) is 2. The molecule has 2 aromatic rings. The minimum Gasteiger partial charge on any atom is -0.354 e. The third-order valence-corrected chi connectivity index (χ3v) is 6.54. The molecule has 0 saturated heterocycles. The second-order valence-electron chi connectivity index (χ2n) is 7.16. The summed E-state index contributed by atoms with van der Waals surface area (Å²) in [5.41, 5.74) is 1.71. The smallest absolute Gasteiger partial charge is 0.322 e. The van der Waals surface area contributed by atoms with Gasteiger partial charge in [-0.05, 0) is 29.5 Å². The number of urea groups is 1. The number of carbonyl (C=O) groups is 3. The maximum absolute atomic E-state index is 13.2. The molecule has 4 amide bonds. The van der Waals surface area contributed by atoms with E-state index >= 15 is 0 Å². The summed E-state index contributed by atoms with van der Waals surface area (Å²) in [6.45, 7) is 0.654. The summed E-state index contributed by atoms with van der Waals surface area (Å²) < 4.78 is 0. The number of halogens is 1. The van der Waals surface area contributed by atoms with Gasteiger partial charge in [-0.25, -0.2) is 4.79 Å². The van der Waals surface area contributed by atoms with Gasteiger partial charge in [-0.3, -0.25) is 14.5 Å². The van der Waals surface area contributed by atoms with Crippen LogP contribution in [0.5, 0.6) is 0 Å². The molecular formula is C21H21ClN4O3S. The fraction of sp³-hybridized carbons (Fsp3) is 0.286. The van der Waals surface area contributed by atoms with E-state index in [1.165, 1.54) is 14.7 Å². The number of nitrogens with zero attached hydrogens (tertiary/aromatic N) is 2. The van der Waals surface area contributed by atoms with E-state index in [4.69, 9.17) is 11.6 Å². The van der Waals surface area contributed by atoms with Gasteiger partial charge >= 0.3 is 6.03 Å². The number of benzene rings is 1. The van der Waals surface area contributed by atoms with Gasteiger partial charge in [-0.15, -0.1) is 11.3 Å². The third kappa shape index (κ3) is 3.93. The molecule has 1 atom stereocenters. The van der Waals surface area contributed by atoms with Gasteiger partial charge in [0, 0.05) is 23.5 Å². The first-order chi connectivity index (χ1) is 14.5. The van der Waals surface area contributed by atoms with Crippen LogP contribution in [0.2, 0.25) is 5.02 Å². The summed E-state index contributed by atoms with van der Waals surface area (Å²) in [5, 5.41) is 8.17. The SMILES string of the molecule is CN1C(=O)N[C@H](c2ccccc2Cl)C2=C1CN(CC(=O)NCCc1cccs1)C2=O.